The third-order valence-corrected chi connectivity index (χ3v) is 5.83. The third-order valence-electron chi connectivity index (χ3n) is 5.83. The number of esters is 1. The fourth-order valence-electron chi connectivity index (χ4n) is 3.82. The number of allylic oxidation sites excluding steroid dienone is 2. The van der Waals surface area contributed by atoms with Gasteiger partial charge in [-0.25, -0.2) is 0 Å². The van der Waals surface area contributed by atoms with Gasteiger partial charge in [-0.1, -0.05) is 68.5 Å². The number of ether oxygens (including phenoxy) is 2. The van der Waals surface area contributed by atoms with Crippen LogP contribution in [0.1, 0.15) is 43.9 Å². The van der Waals surface area contributed by atoms with Crippen LogP contribution in [0.25, 0.3) is 0 Å². The Bertz CT molecular complexity index is 925. The second-order valence-electron chi connectivity index (χ2n) is 8.48. The maximum Gasteiger partial charge on any atom is 0.309 e. The van der Waals surface area contributed by atoms with E-state index in [1.807, 2.05) is 85.5 Å². The fraction of sp³-hybridized carbons (Fsp3) is 0.407. The van der Waals surface area contributed by atoms with Crippen LogP contribution in [0, 0.1) is 11.8 Å². The summed E-state index contributed by atoms with van der Waals surface area (Å²) < 4.78 is 11.1. The first-order valence-electron chi connectivity index (χ1n) is 11.5. The number of carbonyl (C=O) groups is 2. The monoisotopic (exact) mass is 451 g/mol. The van der Waals surface area contributed by atoms with Crippen molar-refractivity contribution >= 4 is 11.9 Å². The average molecular weight is 452 g/mol. The van der Waals surface area contributed by atoms with Gasteiger partial charge in [0, 0.05) is 12.5 Å². The molecule has 0 radical (unpaired) electrons. The Kier molecular flexibility index (Phi) is 9.07. The highest BCUT2D eigenvalue weighted by atomic mass is 16.5. The number of amides is 1. The molecule has 176 valence electrons. The largest absolute Gasteiger partial charge is 0.491 e. The van der Waals surface area contributed by atoms with Gasteiger partial charge in [0.05, 0.1) is 18.6 Å². The lowest BCUT2D eigenvalue weighted by Crippen LogP contribution is -2.40. The quantitative estimate of drug-likeness (QED) is 0.524. The summed E-state index contributed by atoms with van der Waals surface area (Å²) in [5.74, 6) is -0.0206. The lowest BCUT2D eigenvalue weighted by Gasteiger charge is -2.34. The van der Waals surface area contributed by atoms with Crippen molar-refractivity contribution < 1.29 is 24.2 Å². The molecule has 2 aromatic carbocycles. The molecule has 0 spiro atoms. The topological polar surface area (TPSA) is 76.1 Å². The standard InChI is InChI=1S/C27H33NO5/c1-20-8-6-7-9-21(2)27(31)33-19-25(23-10-4-3-5-11-23)28(26(20)30)18-22-12-14-24(15-13-22)32-17-16-29/h3-7,10-15,20-21,25,29H,8-9,16-19H2,1-2H3. The van der Waals surface area contributed by atoms with Gasteiger partial charge >= 0.3 is 5.97 Å². The summed E-state index contributed by atoms with van der Waals surface area (Å²) in [7, 11) is 0. The lowest BCUT2D eigenvalue weighted by molar-refractivity contribution is -0.153. The van der Waals surface area contributed by atoms with Crippen LogP contribution in [0.4, 0.5) is 0 Å². The molecule has 0 aliphatic carbocycles. The molecule has 0 fully saturated rings. The summed E-state index contributed by atoms with van der Waals surface area (Å²) in [6.07, 6.45) is 5.16. The van der Waals surface area contributed by atoms with E-state index in [0.29, 0.717) is 25.1 Å². The van der Waals surface area contributed by atoms with E-state index in [2.05, 4.69) is 0 Å². The zero-order valence-corrected chi connectivity index (χ0v) is 19.4. The molecule has 1 amide bonds. The molecule has 3 rings (SSSR count). The van der Waals surface area contributed by atoms with Gasteiger partial charge in [-0.15, -0.1) is 0 Å². The number of nitrogens with zero attached hydrogens (tertiary/aromatic N) is 1. The Morgan fingerprint density at radius 1 is 0.970 bits per heavy atom. The van der Waals surface area contributed by atoms with Crippen LogP contribution in [-0.2, 0) is 20.9 Å². The van der Waals surface area contributed by atoms with Crippen LogP contribution in [0.15, 0.2) is 66.7 Å². The SMILES string of the molecule is CC1CC=CCC(C)C(=O)N(Cc2ccc(OCCO)cc2)C(c2ccccc2)COC1=O. The van der Waals surface area contributed by atoms with Crippen molar-refractivity contribution in [2.24, 2.45) is 11.8 Å². The van der Waals surface area contributed by atoms with Crippen molar-refractivity contribution in [1.82, 2.24) is 4.90 Å². The zero-order chi connectivity index (χ0) is 23.6. The highest BCUT2D eigenvalue weighted by molar-refractivity contribution is 5.79. The van der Waals surface area contributed by atoms with Crippen LogP contribution >= 0.6 is 0 Å². The Hall–Kier alpha value is -3.12. The summed E-state index contributed by atoms with van der Waals surface area (Å²) >= 11 is 0. The van der Waals surface area contributed by atoms with E-state index in [-0.39, 0.29) is 43.5 Å². The minimum Gasteiger partial charge on any atom is -0.491 e. The van der Waals surface area contributed by atoms with Gasteiger partial charge < -0.3 is 19.5 Å². The van der Waals surface area contributed by atoms with E-state index in [1.54, 1.807) is 0 Å². The van der Waals surface area contributed by atoms with Crippen molar-refractivity contribution in [2.45, 2.75) is 39.3 Å². The van der Waals surface area contributed by atoms with Crippen molar-refractivity contribution in [3.8, 4) is 5.75 Å². The summed E-state index contributed by atoms with van der Waals surface area (Å²) in [6.45, 7) is 4.46. The Morgan fingerprint density at radius 3 is 2.30 bits per heavy atom. The maximum atomic E-state index is 13.6. The number of cyclic esters (lactones) is 1. The van der Waals surface area contributed by atoms with Crippen LogP contribution < -0.4 is 4.74 Å². The number of rotatable bonds is 6. The molecule has 0 saturated heterocycles. The molecule has 6 nitrogen and oxygen atoms in total. The number of benzene rings is 2. The van der Waals surface area contributed by atoms with E-state index in [0.717, 1.165) is 11.1 Å². The van der Waals surface area contributed by atoms with Crippen LogP contribution in [0.3, 0.4) is 0 Å². The first-order valence-corrected chi connectivity index (χ1v) is 11.5. The van der Waals surface area contributed by atoms with Gasteiger partial charge in [-0.3, -0.25) is 9.59 Å². The molecule has 0 saturated carbocycles. The second-order valence-corrected chi connectivity index (χ2v) is 8.48. The van der Waals surface area contributed by atoms with Crippen molar-refractivity contribution in [2.75, 3.05) is 19.8 Å². The van der Waals surface area contributed by atoms with Gasteiger partial charge in [0.2, 0.25) is 5.91 Å². The number of aliphatic hydroxyl groups excluding tert-OH is 1. The summed E-state index contributed by atoms with van der Waals surface area (Å²) in [4.78, 5) is 28.0. The number of aliphatic hydroxyl groups is 1. The van der Waals surface area contributed by atoms with E-state index in [4.69, 9.17) is 14.6 Å². The number of hydrogen-bond donors (Lipinski definition) is 1. The van der Waals surface area contributed by atoms with Gasteiger partial charge in [0.1, 0.15) is 19.0 Å². The number of carbonyl (C=O) groups excluding carboxylic acids is 2. The molecule has 1 aliphatic heterocycles. The maximum absolute atomic E-state index is 13.6. The van der Waals surface area contributed by atoms with Crippen molar-refractivity contribution in [3.05, 3.63) is 77.9 Å². The van der Waals surface area contributed by atoms with E-state index < -0.39 is 6.04 Å². The smallest absolute Gasteiger partial charge is 0.309 e. The molecule has 6 heteroatoms. The van der Waals surface area contributed by atoms with Gasteiger partial charge in [-0.05, 0) is 36.1 Å². The third kappa shape index (κ3) is 6.93. The first kappa shape index (κ1) is 24.5. The van der Waals surface area contributed by atoms with Crippen molar-refractivity contribution in [1.29, 1.82) is 0 Å². The molecule has 2 aromatic rings. The molecule has 3 atom stereocenters. The average Bonchev–Trinajstić information content (AvgIpc) is 2.84. The number of hydrogen-bond acceptors (Lipinski definition) is 5. The van der Waals surface area contributed by atoms with E-state index >= 15 is 0 Å². The normalized spacial score (nSPS) is 22.3. The Morgan fingerprint density at radius 2 is 1.64 bits per heavy atom. The van der Waals surface area contributed by atoms with E-state index in [1.165, 1.54) is 0 Å². The minimum absolute atomic E-state index is 0.0128. The summed E-state index contributed by atoms with van der Waals surface area (Å²) in [5.41, 5.74) is 1.86. The molecular formula is C27H33NO5. The molecule has 33 heavy (non-hydrogen) atoms. The predicted octanol–water partition coefficient (Wildman–Crippen LogP) is 4.29. The first-order chi connectivity index (χ1) is 16.0. The fourth-order valence-corrected chi connectivity index (χ4v) is 3.82. The Balaban J connectivity index is 1.93. The lowest BCUT2D eigenvalue weighted by atomic mass is 9.99. The molecular weight excluding hydrogens is 418 g/mol. The van der Waals surface area contributed by atoms with Crippen LogP contribution in [-0.4, -0.2) is 41.7 Å². The van der Waals surface area contributed by atoms with Gasteiger partial charge in [-0.2, -0.15) is 0 Å². The molecule has 1 heterocycles. The summed E-state index contributed by atoms with van der Waals surface area (Å²) in [6, 6.07) is 16.8. The highest BCUT2D eigenvalue weighted by Gasteiger charge is 2.30. The molecule has 1 N–H and O–H groups in total. The van der Waals surface area contributed by atoms with Crippen molar-refractivity contribution in [3.63, 3.8) is 0 Å². The van der Waals surface area contributed by atoms with Crippen LogP contribution in [0.2, 0.25) is 0 Å². The predicted molar refractivity (Wildman–Crippen MR) is 126 cm³/mol. The van der Waals surface area contributed by atoms with Gasteiger partial charge in [0.15, 0.2) is 0 Å². The molecule has 0 bridgehead atoms. The van der Waals surface area contributed by atoms with E-state index in [9.17, 15) is 9.59 Å². The summed E-state index contributed by atoms with van der Waals surface area (Å²) in [5, 5.41) is 8.95. The Labute approximate surface area is 195 Å². The zero-order valence-electron chi connectivity index (χ0n) is 19.4. The molecule has 0 aromatic heterocycles. The van der Waals surface area contributed by atoms with Gasteiger partial charge in [0.25, 0.3) is 0 Å². The van der Waals surface area contributed by atoms with Crippen LogP contribution in [0.5, 0.6) is 5.75 Å². The molecule has 1 aliphatic rings. The minimum atomic E-state index is -0.397. The highest BCUT2D eigenvalue weighted by Crippen LogP contribution is 2.28. The molecule has 3 unspecified atom stereocenters. The second kappa shape index (κ2) is 12.2.